The zero-order valence-electron chi connectivity index (χ0n) is 9.65. The molecule has 0 spiro atoms. The second-order valence-corrected chi connectivity index (χ2v) is 5.43. The van der Waals surface area contributed by atoms with Crippen molar-refractivity contribution in [1.29, 1.82) is 0 Å². The van der Waals surface area contributed by atoms with Gasteiger partial charge in [0.15, 0.2) is 4.96 Å². The lowest BCUT2D eigenvalue weighted by Crippen LogP contribution is -2.14. The third-order valence-corrected chi connectivity index (χ3v) is 4.04. The summed E-state index contributed by atoms with van der Waals surface area (Å²) in [5, 5.41) is 1.84. The molecule has 0 aromatic carbocycles. The second kappa shape index (κ2) is 5.07. The van der Waals surface area contributed by atoms with E-state index in [4.69, 9.17) is 0 Å². The van der Waals surface area contributed by atoms with E-state index in [1.165, 1.54) is 15.7 Å². The maximum absolute atomic E-state index is 12.1. The van der Waals surface area contributed by atoms with E-state index in [-0.39, 0.29) is 5.56 Å². The van der Waals surface area contributed by atoms with Crippen molar-refractivity contribution in [2.24, 2.45) is 0 Å². The first-order valence-corrected chi connectivity index (χ1v) is 7.17. The summed E-state index contributed by atoms with van der Waals surface area (Å²) in [4.78, 5) is 21.3. The minimum absolute atomic E-state index is 0.105. The molecule has 0 saturated heterocycles. The van der Waals surface area contributed by atoms with Crippen LogP contribution in [-0.2, 0) is 0 Å². The lowest BCUT2D eigenvalue weighted by atomic mass is 10.3. The monoisotopic (exact) mass is 333 g/mol. The van der Waals surface area contributed by atoms with Gasteiger partial charge in [-0.3, -0.25) is 14.2 Å². The van der Waals surface area contributed by atoms with Crippen molar-refractivity contribution in [3.8, 4) is 0 Å². The lowest BCUT2D eigenvalue weighted by molar-refractivity contribution is 1.05. The molecular formula is C13H8BrN3OS. The van der Waals surface area contributed by atoms with Crippen LogP contribution in [0.25, 0.3) is 17.1 Å². The van der Waals surface area contributed by atoms with Crippen LogP contribution in [0.2, 0.25) is 0 Å². The molecule has 3 aromatic rings. The molecule has 0 fully saturated rings. The summed E-state index contributed by atoms with van der Waals surface area (Å²) in [6, 6.07) is 5.66. The van der Waals surface area contributed by atoms with Crippen LogP contribution in [0.3, 0.4) is 0 Å². The molecule has 0 unspecified atom stereocenters. The van der Waals surface area contributed by atoms with E-state index in [1.807, 2.05) is 29.7 Å². The summed E-state index contributed by atoms with van der Waals surface area (Å²) in [7, 11) is 0. The van der Waals surface area contributed by atoms with Crippen LogP contribution in [-0.4, -0.2) is 14.4 Å². The summed E-state index contributed by atoms with van der Waals surface area (Å²) >= 11 is 4.72. The number of fused-ring (bicyclic) bond motifs is 1. The van der Waals surface area contributed by atoms with Gasteiger partial charge < -0.3 is 0 Å². The number of pyridine rings is 1. The second-order valence-electron chi connectivity index (χ2n) is 3.76. The lowest BCUT2D eigenvalue weighted by Gasteiger charge is -1.99. The summed E-state index contributed by atoms with van der Waals surface area (Å²) in [5.74, 6) is 0. The van der Waals surface area contributed by atoms with Crippen molar-refractivity contribution in [3.05, 3.63) is 62.2 Å². The average Bonchev–Trinajstić information content (AvgIpc) is 2.91. The Morgan fingerprint density at radius 3 is 3.00 bits per heavy atom. The highest BCUT2D eigenvalue weighted by atomic mass is 79.9. The topological polar surface area (TPSA) is 47.3 Å². The average molecular weight is 334 g/mol. The summed E-state index contributed by atoms with van der Waals surface area (Å²) in [5.41, 5.74) is 1.33. The molecular weight excluding hydrogens is 326 g/mol. The molecule has 0 aliphatic heterocycles. The van der Waals surface area contributed by atoms with Gasteiger partial charge in [-0.25, -0.2) is 4.98 Å². The summed E-state index contributed by atoms with van der Waals surface area (Å²) < 4.78 is 1.97. The van der Waals surface area contributed by atoms with E-state index >= 15 is 0 Å². The van der Waals surface area contributed by atoms with Gasteiger partial charge in [0.1, 0.15) is 4.47 Å². The summed E-state index contributed by atoms with van der Waals surface area (Å²) in [6.07, 6.45) is 7.05. The van der Waals surface area contributed by atoms with Crippen molar-refractivity contribution in [1.82, 2.24) is 14.4 Å². The molecule has 3 rings (SSSR count). The van der Waals surface area contributed by atoms with E-state index in [0.29, 0.717) is 15.1 Å². The van der Waals surface area contributed by atoms with E-state index in [9.17, 15) is 4.79 Å². The molecule has 0 amide bonds. The maximum Gasteiger partial charge on any atom is 0.273 e. The third kappa shape index (κ3) is 2.36. The first-order chi connectivity index (χ1) is 9.25. The largest absolute Gasteiger partial charge is 0.273 e. The van der Waals surface area contributed by atoms with Crippen LogP contribution in [0.4, 0.5) is 0 Å². The van der Waals surface area contributed by atoms with Crippen molar-refractivity contribution < 1.29 is 0 Å². The standard InChI is InChI=1S/C13H8BrN3OS/c14-11-10(5-4-9-3-1-2-6-15-9)16-13-17(12(11)18)7-8-19-13/h1-8H. The highest BCUT2D eigenvalue weighted by Crippen LogP contribution is 2.16. The van der Waals surface area contributed by atoms with Crippen LogP contribution in [0.5, 0.6) is 0 Å². The number of hydrogen-bond donors (Lipinski definition) is 0. The molecule has 19 heavy (non-hydrogen) atoms. The minimum Gasteiger partial charge on any atom is -0.268 e. The Labute approximate surface area is 121 Å². The molecule has 0 aliphatic carbocycles. The molecule has 94 valence electrons. The van der Waals surface area contributed by atoms with Gasteiger partial charge in [-0.15, -0.1) is 11.3 Å². The fourth-order valence-corrected chi connectivity index (χ4v) is 2.75. The molecule has 0 N–H and O–H groups in total. The Balaban J connectivity index is 2.08. The number of hydrogen-bond acceptors (Lipinski definition) is 4. The van der Waals surface area contributed by atoms with Gasteiger partial charge >= 0.3 is 0 Å². The number of halogens is 1. The fourth-order valence-electron chi connectivity index (χ4n) is 1.62. The zero-order valence-corrected chi connectivity index (χ0v) is 12.1. The first kappa shape index (κ1) is 12.3. The molecule has 3 aromatic heterocycles. The van der Waals surface area contributed by atoms with Crippen molar-refractivity contribution in [2.45, 2.75) is 0 Å². The van der Waals surface area contributed by atoms with E-state index in [0.717, 1.165) is 5.69 Å². The Morgan fingerprint density at radius 1 is 1.32 bits per heavy atom. The van der Waals surface area contributed by atoms with Gasteiger partial charge in [-0.05, 0) is 40.2 Å². The van der Waals surface area contributed by atoms with Crippen molar-refractivity contribution in [2.75, 3.05) is 0 Å². The van der Waals surface area contributed by atoms with Gasteiger partial charge in [-0.1, -0.05) is 6.07 Å². The molecule has 0 radical (unpaired) electrons. The van der Waals surface area contributed by atoms with E-state index in [1.54, 1.807) is 18.5 Å². The third-order valence-electron chi connectivity index (χ3n) is 2.54. The Kier molecular flexibility index (Phi) is 3.27. The highest BCUT2D eigenvalue weighted by Gasteiger charge is 2.08. The Hall–Kier alpha value is -1.79. The van der Waals surface area contributed by atoms with E-state index < -0.39 is 0 Å². The van der Waals surface area contributed by atoms with Gasteiger partial charge in [0.25, 0.3) is 5.56 Å². The van der Waals surface area contributed by atoms with Gasteiger partial charge in [0, 0.05) is 17.8 Å². The summed E-state index contributed by atoms with van der Waals surface area (Å²) in [6.45, 7) is 0. The minimum atomic E-state index is -0.105. The fraction of sp³-hybridized carbons (Fsp3) is 0. The van der Waals surface area contributed by atoms with E-state index in [2.05, 4.69) is 25.9 Å². The van der Waals surface area contributed by atoms with Crippen LogP contribution >= 0.6 is 27.3 Å². The van der Waals surface area contributed by atoms with Crippen LogP contribution < -0.4 is 5.56 Å². The maximum atomic E-state index is 12.1. The highest BCUT2D eigenvalue weighted by molar-refractivity contribution is 9.10. The number of rotatable bonds is 2. The smallest absolute Gasteiger partial charge is 0.268 e. The van der Waals surface area contributed by atoms with Gasteiger partial charge in [0.2, 0.25) is 0 Å². The number of thiazole rings is 1. The van der Waals surface area contributed by atoms with Crippen LogP contribution in [0.1, 0.15) is 11.4 Å². The molecule has 0 aliphatic rings. The quantitative estimate of drug-likeness (QED) is 0.724. The number of nitrogens with zero attached hydrogens (tertiary/aromatic N) is 3. The van der Waals surface area contributed by atoms with Gasteiger partial charge in [0.05, 0.1) is 11.4 Å². The Bertz CT molecular complexity index is 808. The predicted octanol–water partition coefficient (Wildman–Crippen LogP) is 3.08. The van der Waals surface area contributed by atoms with Gasteiger partial charge in [-0.2, -0.15) is 0 Å². The number of aromatic nitrogens is 3. The molecule has 0 bridgehead atoms. The SMILES string of the molecule is O=c1c(Br)c(C=Cc2ccccn2)nc2sccn12. The molecule has 3 heterocycles. The molecule has 0 atom stereocenters. The van der Waals surface area contributed by atoms with Crippen LogP contribution in [0, 0.1) is 0 Å². The molecule has 4 nitrogen and oxygen atoms in total. The Morgan fingerprint density at radius 2 is 2.21 bits per heavy atom. The predicted molar refractivity (Wildman–Crippen MR) is 80.2 cm³/mol. The van der Waals surface area contributed by atoms with Crippen molar-refractivity contribution in [3.63, 3.8) is 0 Å². The van der Waals surface area contributed by atoms with Crippen LogP contribution in [0.15, 0.2) is 45.2 Å². The zero-order chi connectivity index (χ0) is 13.2. The van der Waals surface area contributed by atoms with Crippen molar-refractivity contribution >= 4 is 44.4 Å². The normalized spacial score (nSPS) is 11.4. The molecule has 6 heteroatoms. The molecule has 0 saturated carbocycles. The first-order valence-electron chi connectivity index (χ1n) is 5.50.